The Bertz CT molecular complexity index is 1370. The summed E-state index contributed by atoms with van der Waals surface area (Å²) in [6.45, 7) is 3.53. The molecule has 1 atom stereocenters. The molecule has 1 aliphatic heterocycles. The highest BCUT2D eigenvalue weighted by Crippen LogP contribution is 2.32. The molecule has 1 unspecified atom stereocenters. The maximum Gasteiger partial charge on any atom is 0.316 e. The van der Waals surface area contributed by atoms with Crippen molar-refractivity contribution in [2.75, 3.05) is 37.5 Å². The van der Waals surface area contributed by atoms with Crippen molar-refractivity contribution in [3.63, 3.8) is 0 Å². The highest BCUT2D eigenvalue weighted by molar-refractivity contribution is 6.13. The van der Waals surface area contributed by atoms with Crippen molar-refractivity contribution in [1.82, 2.24) is 24.7 Å². The third-order valence-electron chi connectivity index (χ3n) is 5.95. The number of likely N-dealkylation sites (N-methyl/N-ethyl adjacent to an activating group) is 1. The van der Waals surface area contributed by atoms with Gasteiger partial charge in [-0.15, -0.1) is 0 Å². The van der Waals surface area contributed by atoms with Gasteiger partial charge in [0, 0.05) is 54.9 Å². The van der Waals surface area contributed by atoms with Crippen molar-refractivity contribution < 1.29 is 13.9 Å². The number of benzene rings is 1. The number of amides is 1. The van der Waals surface area contributed by atoms with Gasteiger partial charge < -0.3 is 24.7 Å². The summed E-state index contributed by atoms with van der Waals surface area (Å²) in [5, 5.41) is 6.85. The number of imidazole rings is 1. The number of hydrogen-bond acceptors (Lipinski definition) is 7. The van der Waals surface area contributed by atoms with E-state index in [9.17, 15) is 9.18 Å². The highest BCUT2D eigenvalue weighted by atomic mass is 19.1. The zero-order valence-corrected chi connectivity index (χ0v) is 18.6. The standard InChI is InChI=1S/C23H24FN7O2/c1-13-10-31-12-15(8-18(24)21(31)27-13)28-22(32)16-4-5-19(30-7-6-14(11-30)25-2)17-9-26-23(33-3)29-20(16)17/h4-5,8-10,12,14,25H,6-7,11H2,1-3H3,(H,28,32). The Kier molecular flexibility index (Phi) is 5.29. The molecule has 1 amide bonds. The fourth-order valence-corrected chi connectivity index (χ4v) is 4.31. The molecule has 1 fully saturated rings. The highest BCUT2D eigenvalue weighted by Gasteiger charge is 2.25. The Balaban J connectivity index is 1.53. The van der Waals surface area contributed by atoms with Gasteiger partial charge in [-0.1, -0.05) is 0 Å². The van der Waals surface area contributed by atoms with Crippen molar-refractivity contribution in [3.05, 3.63) is 53.9 Å². The molecule has 0 spiro atoms. The number of hydrogen-bond donors (Lipinski definition) is 2. The summed E-state index contributed by atoms with van der Waals surface area (Å²) in [5.41, 5.74) is 3.00. The molecule has 10 heteroatoms. The second-order valence-corrected chi connectivity index (χ2v) is 8.12. The number of aromatic nitrogens is 4. The largest absolute Gasteiger partial charge is 0.467 e. The molecule has 33 heavy (non-hydrogen) atoms. The number of nitrogens with zero attached hydrogens (tertiary/aromatic N) is 5. The molecule has 3 aromatic heterocycles. The lowest BCUT2D eigenvalue weighted by Gasteiger charge is -2.21. The van der Waals surface area contributed by atoms with Crippen LogP contribution in [0.5, 0.6) is 6.01 Å². The number of aryl methyl sites for hydroxylation is 1. The van der Waals surface area contributed by atoms with Crippen LogP contribution in [0.15, 0.2) is 36.8 Å². The van der Waals surface area contributed by atoms with Crippen molar-refractivity contribution >= 4 is 33.8 Å². The maximum absolute atomic E-state index is 14.5. The van der Waals surface area contributed by atoms with E-state index in [0.29, 0.717) is 28.5 Å². The predicted molar refractivity (Wildman–Crippen MR) is 124 cm³/mol. The van der Waals surface area contributed by atoms with E-state index in [1.54, 1.807) is 36.0 Å². The van der Waals surface area contributed by atoms with Gasteiger partial charge in [0.25, 0.3) is 5.91 Å². The molecule has 1 aliphatic rings. The summed E-state index contributed by atoms with van der Waals surface area (Å²) in [6.07, 6.45) is 6.04. The van der Waals surface area contributed by atoms with Crippen molar-refractivity contribution in [1.29, 1.82) is 0 Å². The van der Waals surface area contributed by atoms with Crippen LogP contribution in [-0.4, -0.2) is 58.5 Å². The Labute approximate surface area is 189 Å². The summed E-state index contributed by atoms with van der Waals surface area (Å²) in [7, 11) is 3.44. The quantitative estimate of drug-likeness (QED) is 0.484. The molecule has 0 saturated carbocycles. The number of fused-ring (bicyclic) bond motifs is 2. The molecule has 1 saturated heterocycles. The number of rotatable bonds is 5. The molecule has 4 aromatic rings. The first-order valence-corrected chi connectivity index (χ1v) is 10.7. The Morgan fingerprint density at radius 3 is 2.88 bits per heavy atom. The molecule has 5 rings (SSSR count). The van der Waals surface area contributed by atoms with Crippen LogP contribution in [0, 0.1) is 12.7 Å². The SMILES string of the molecule is CNC1CCN(c2ccc(C(=O)Nc3cc(F)c4nc(C)cn4c3)c3nc(OC)ncc23)C1. The summed E-state index contributed by atoms with van der Waals surface area (Å²) in [6, 6.07) is 5.48. The van der Waals surface area contributed by atoms with E-state index in [-0.39, 0.29) is 11.7 Å². The Morgan fingerprint density at radius 1 is 1.27 bits per heavy atom. The van der Waals surface area contributed by atoms with Gasteiger partial charge in [0.15, 0.2) is 11.5 Å². The fraction of sp³-hybridized carbons (Fsp3) is 0.304. The summed E-state index contributed by atoms with van der Waals surface area (Å²) in [4.78, 5) is 28.4. The number of carbonyl (C=O) groups excluding carboxylic acids is 1. The predicted octanol–water partition coefficient (Wildman–Crippen LogP) is 2.78. The van der Waals surface area contributed by atoms with E-state index < -0.39 is 11.7 Å². The molecule has 2 N–H and O–H groups in total. The molecule has 170 valence electrons. The van der Waals surface area contributed by atoms with E-state index >= 15 is 0 Å². The molecular weight excluding hydrogens is 425 g/mol. The van der Waals surface area contributed by atoms with Gasteiger partial charge >= 0.3 is 6.01 Å². The number of carbonyl (C=O) groups is 1. The molecular formula is C23H24FN7O2. The van der Waals surface area contributed by atoms with Crippen molar-refractivity contribution in [2.45, 2.75) is 19.4 Å². The number of pyridine rings is 1. The van der Waals surface area contributed by atoms with Gasteiger partial charge in [-0.05, 0) is 32.5 Å². The lowest BCUT2D eigenvalue weighted by atomic mass is 10.1. The van der Waals surface area contributed by atoms with Crippen molar-refractivity contribution in [3.8, 4) is 6.01 Å². The number of anilines is 2. The zero-order chi connectivity index (χ0) is 23.1. The summed E-state index contributed by atoms with van der Waals surface area (Å²) in [5.74, 6) is -0.921. The fourth-order valence-electron chi connectivity index (χ4n) is 4.31. The van der Waals surface area contributed by atoms with E-state index in [0.717, 1.165) is 30.6 Å². The van der Waals surface area contributed by atoms with Crippen LogP contribution in [0.4, 0.5) is 15.8 Å². The van der Waals surface area contributed by atoms with E-state index in [4.69, 9.17) is 4.74 Å². The molecule has 0 bridgehead atoms. The van der Waals surface area contributed by atoms with Crippen LogP contribution >= 0.6 is 0 Å². The first-order chi connectivity index (χ1) is 16.0. The van der Waals surface area contributed by atoms with Crippen LogP contribution < -0.4 is 20.3 Å². The zero-order valence-electron chi connectivity index (χ0n) is 18.6. The first-order valence-electron chi connectivity index (χ1n) is 10.7. The smallest absolute Gasteiger partial charge is 0.316 e. The van der Waals surface area contributed by atoms with Crippen LogP contribution in [-0.2, 0) is 0 Å². The van der Waals surface area contributed by atoms with Gasteiger partial charge in [0.05, 0.1) is 29.6 Å². The molecule has 9 nitrogen and oxygen atoms in total. The lowest BCUT2D eigenvalue weighted by Crippen LogP contribution is -2.29. The number of ether oxygens (including phenoxy) is 1. The minimum atomic E-state index is -0.516. The van der Waals surface area contributed by atoms with Crippen LogP contribution in [0.1, 0.15) is 22.5 Å². The maximum atomic E-state index is 14.5. The first kappa shape index (κ1) is 21.1. The van der Waals surface area contributed by atoms with Crippen LogP contribution in [0.25, 0.3) is 16.6 Å². The number of halogens is 1. The van der Waals surface area contributed by atoms with Crippen molar-refractivity contribution in [2.24, 2.45) is 0 Å². The molecule has 4 heterocycles. The van der Waals surface area contributed by atoms with Gasteiger partial charge in [0.2, 0.25) is 0 Å². The Morgan fingerprint density at radius 2 is 2.12 bits per heavy atom. The van der Waals surface area contributed by atoms with Crippen LogP contribution in [0.2, 0.25) is 0 Å². The monoisotopic (exact) mass is 449 g/mol. The summed E-state index contributed by atoms with van der Waals surface area (Å²) >= 11 is 0. The molecule has 0 radical (unpaired) electrons. The minimum absolute atomic E-state index is 0.171. The second kappa shape index (κ2) is 8.28. The number of methoxy groups -OCH3 is 1. The lowest BCUT2D eigenvalue weighted by molar-refractivity contribution is 0.102. The molecule has 0 aliphatic carbocycles. The second-order valence-electron chi connectivity index (χ2n) is 8.12. The van der Waals surface area contributed by atoms with Gasteiger partial charge in [-0.25, -0.2) is 14.4 Å². The average Bonchev–Trinajstić information content (AvgIpc) is 3.44. The average molecular weight is 449 g/mol. The Hall–Kier alpha value is -3.79. The normalized spacial score (nSPS) is 16.0. The third kappa shape index (κ3) is 3.82. The summed E-state index contributed by atoms with van der Waals surface area (Å²) < 4.78 is 21.2. The van der Waals surface area contributed by atoms with E-state index in [1.165, 1.54) is 13.2 Å². The minimum Gasteiger partial charge on any atom is -0.467 e. The van der Waals surface area contributed by atoms with E-state index in [2.05, 4.69) is 30.5 Å². The van der Waals surface area contributed by atoms with Crippen LogP contribution in [0.3, 0.4) is 0 Å². The topological polar surface area (TPSA) is 96.7 Å². The van der Waals surface area contributed by atoms with Gasteiger partial charge in [-0.3, -0.25) is 4.79 Å². The van der Waals surface area contributed by atoms with Gasteiger partial charge in [0.1, 0.15) is 0 Å². The van der Waals surface area contributed by atoms with Gasteiger partial charge in [-0.2, -0.15) is 4.98 Å². The third-order valence-corrected chi connectivity index (χ3v) is 5.95. The number of nitrogens with one attached hydrogen (secondary N) is 2. The molecule has 1 aromatic carbocycles. The van der Waals surface area contributed by atoms with E-state index in [1.807, 2.05) is 13.1 Å².